The van der Waals surface area contributed by atoms with Crippen molar-refractivity contribution in [3.8, 4) is 0 Å². The Morgan fingerprint density at radius 2 is 2.00 bits per heavy atom. The van der Waals surface area contributed by atoms with Crippen LogP contribution in [-0.2, 0) is 0 Å². The van der Waals surface area contributed by atoms with Gasteiger partial charge in [-0.25, -0.2) is 0 Å². The number of fused-ring (bicyclic) bond motifs is 1. The summed E-state index contributed by atoms with van der Waals surface area (Å²) in [7, 11) is 2.34. The molecule has 0 saturated carbocycles. The van der Waals surface area contributed by atoms with E-state index in [1.165, 1.54) is 71.1 Å². The molecular formula is C17H33N3. The van der Waals surface area contributed by atoms with Crippen molar-refractivity contribution in [2.24, 2.45) is 5.92 Å². The second kappa shape index (κ2) is 6.76. The van der Waals surface area contributed by atoms with Crippen molar-refractivity contribution in [3.63, 3.8) is 0 Å². The van der Waals surface area contributed by atoms with E-state index in [0.29, 0.717) is 0 Å². The summed E-state index contributed by atoms with van der Waals surface area (Å²) in [5, 5.41) is 3.72. The van der Waals surface area contributed by atoms with Crippen molar-refractivity contribution < 1.29 is 0 Å². The van der Waals surface area contributed by atoms with E-state index in [9.17, 15) is 0 Å². The number of piperidine rings is 3. The Labute approximate surface area is 125 Å². The molecule has 20 heavy (non-hydrogen) atoms. The number of nitrogens with one attached hydrogen (secondary N) is 1. The SMILES string of the molecule is CC(CC1CCCCN1)N1CCC2C(CCCN2C)C1. The topological polar surface area (TPSA) is 18.5 Å². The van der Waals surface area contributed by atoms with Gasteiger partial charge in [0.2, 0.25) is 0 Å². The monoisotopic (exact) mass is 279 g/mol. The van der Waals surface area contributed by atoms with Gasteiger partial charge in [0.1, 0.15) is 0 Å². The minimum Gasteiger partial charge on any atom is -0.314 e. The minimum absolute atomic E-state index is 0.763. The lowest BCUT2D eigenvalue weighted by Crippen LogP contribution is -2.55. The molecule has 0 aromatic heterocycles. The highest BCUT2D eigenvalue weighted by molar-refractivity contribution is 4.91. The van der Waals surface area contributed by atoms with Gasteiger partial charge in [-0.3, -0.25) is 0 Å². The lowest BCUT2D eigenvalue weighted by Gasteiger charge is -2.48. The molecule has 3 nitrogen and oxygen atoms in total. The van der Waals surface area contributed by atoms with Crippen LogP contribution in [0.3, 0.4) is 0 Å². The van der Waals surface area contributed by atoms with Gasteiger partial charge in [0.25, 0.3) is 0 Å². The third-order valence-electron chi connectivity index (χ3n) is 6.04. The summed E-state index contributed by atoms with van der Waals surface area (Å²) in [6.07, 6.45) is 9.82. The first-order valence-corrected chi connectivity index (χ1v) is 8.91. The lowest BCUT2D eigenvalue weighted by atomic mass is 9.83. The maximum absolute atomic E-state index is 3.72. The van der Waals surface area contributed by atoms with Crippen molar-refractivity contribution in [2.75, 3.05) is 33.2 Å². The third-order valence-corrected chi connectivity index (χ3v) is 6.04. The smallest absolute Gasteiger partial charge is 0.0145 e. The van der Waals surface area contributed by atoms with Crippen LogP contribution in [0.25, 0.3) is 0 Å². The largest absolute Gasteiger partial charge is 0.314 e. The van der Waals surface area contributed by atoms with Gasteiger partial charge in [0.05, 0.1) is 0 Å². The number of hydrogen-bond acceptors (Lipinski definition) is 3. The van der Waals surface area contributed by atoms with Crippen LogP contribution in [0.1, 0.15) is 51.9 Å². The Morgan fingerprint density at radius 3 is 2.80 bits per heavy atom. The molecule has 3 heterocycles. The van der Waals surface area contributed by atoms with Crippen LogP contribution >= 0.6 is 0 Å². The highest BCUT2D eigenvalue weighted by atomic mass is 15.2. The fourth-order valence-corrected chi connectivity index (χ4v) is 4.77. The average molecular weight is 279 g/mol. The highest BCUT2D eigenvalue weighted by Crippen LogP contribution is 2.31. The van der Waals surface area contributed by atoms with Crippen LogP contribution in [0.2, 0.25) is 0 Å². The second-order valence-electron chi connectivity index (χ2n) is 7.47. The van der Waals surface area contributed by atoms with Gasteiger partial charge >= 0.3 is 0 Å². The molecule has 3 fully saturated rings. The number of hydrogen-bond donors (Lipinski definition) is 1. The van der Waals surface area contributed by atoms with Gasteiger partial charge in [-0.15, -0.1) is 0 Å². The molecule has 0 aromatic carbocycles. The van der Waals surface area contributed by atoms with E-state index in [1.54, 1.807) is 0 Å². The summed E-state index contributed by atoms with van der Waals surface area (Å²) in [5.41, 5.74) is 0. The molecule has 0 spiro atoms. The van der Waals surface area contributed by atoms with E-state index >= 15 is 0 Å². The Bertz CT molecular complexity index is 301. The Morgan fingerprint density at radius 1 is 1.10 bits per heavy atom. The van der Waals surface area contributed by atoms with Gasteiger partial charge in [-0.1, -0.05) is 6.42 Å². The summed E-state index contributed by atoms with van der Waals surface area (Å²) in [6.45, 7) is 7.70. The standard InChI is InChI=1S/C17H33N3/c1-14(12-16-7-3-4-9-18-16)20-11-8-17-15(13-20)6-5-10-19(17)2/h14-18H,3-13H2,1-2H3. The van der Waals surface area contributed by atoms with E-state index in [4.69, 9.17) is 0 Å². The Hall–Kier alpha value is -0.120. The molecule has 4 unspecified atom stereocenters. The summed E-state index contributed by atoms with van der Waals surface area (Å²) in [4.78, 5) is 5.41. The van der Waals surface area contributed by atoms with Crippen LogP contribution in [0, 0.1) is 5.92 Å². The molecule has 3 rings (SSSR count). The van der Waals surface area contributed by atoms with Crippen LogP contribution in [0.4, 0.5) is 0 Å². The second-order valence-corrected chi connectivity index (χ2v) is 7.47. The zero-order valence-electron chi connectivity index (χ0n) is 13.5. The van der Waals surface area contributed by atoms with Crippen LogP contribution in [0.5, 0.6) is 0 Å². The molecule has 1 N–H and O–H groups in total. The first-order valence-electron chi connectivity index (χ1n) is 8.91. The maximum atomic E-state index is 3.72. The summed E-state index contributed by atoms with van der Waals surface area (Å²) in [6, 6.07) is 2.42. The average Bonchev–Trinajstić information content (AvgIpc) is 2.48. The third kappa shape index (κ3) is 3.37. The first-order chi connectivity index (χ1) is 9.74. The van der Waals surface area contributed by atoms with Crippen LogP contribution < -0.4 is 5.32 Å². The van der Waals surface area contributed by atoms with Gasteiger partial charge < -0.3 is 15.1 Å². The molecule has 0 aromatic rings. The van der Waals surface area contributed by atoms with E-state index in [0.717, 1.165) is 24.0 Å². The molecular weight excluding hydrogens is 246 g/mol. The quantitative estimate of drug-likeness (QED) is 0.855. The summed E-state index contributed by atoms with van der Waals surface area (Å²) >= 11 is 0. The van der Waals surface area contributed by atoms with Gasteiger partial charge in [0.15, 0.2) is 0 Å². The minimum atomic E-state index is 0.763. The summed E-state index contributed by atoms with van der Waals surface area (Å²) < 4.78 is 0. The predicted octanol–water partition coefficient (Wildman–Crippen LogP) is 2.32. The van der Waals surface area contributed by atoms with Gasteiger partial charge in [-0.2, -0.15) is 0 Å². The van der Waals surface area contributed by atoms with Crippen molar-refractivity contribution >= 4 is 0 Å². The van der Waals surface area contributed by atoms with Crippen LogP contribution in [0.15, 0.2) is 0 Å². The molecule has 0 aliphatic carbocycles. The molecule has 116 valence electrons. The van der Waals surface area contributed by atoms with Gasteiger partial charge in [-0.05, 0) is 78.0 Å². The highest BCUT2D eigenvalue weighted by Gasteiger charge is 2.35. The predicted molar refractivity (Wildman–Crippen MR) is 85.1 cm³/mol. The van der Waals surface area contributed by atoms with E-state index in [-0.39, 0.29) is 0 Å². The zero-order chi connectivity index (χ0) is 13.9. The Kier molecular flexibility index (Phi) is 5.00. The maximum Gasteiger partial charge on any atom is 0.0145 e. The fourth-order valence-electron chi connectivity index (χ4n) is 4.77. The molecule has 0 amide bonds. The van der Waals surface area contributed by atoms with E-state index in [2.05, 4.69) is 29.1 Å². The number of likely N-dealkylation sites (tertiary alicyclic amines) is 2. The normalized spacial score (nSPS) is 38.4. The summed E-state index contributed by atoms with van der Waals surface area (Å²) in [5.74, 6) is 0.935. The molecule has 0 bridgehead atoms. The fraction of sp³-hybridized carbons (Fsp3) is 1.00. The van der Waals surface area contributed by atoms with E-state index < -0.39 is 0 Å². The Balaban J connectivity index is 1.50. The van der Waals surface area contributed by atoms with Gasteiger partial charge in [0, 0.05) is 24.7 Å². The molecule has 3 aliphatic rings. The lowest BCUT2D eigenvalue weighted by molar-refractivity contribution is 0.0194. The molecule has 3 saturated heterocycles. The van der Waals surface area contributed by atoms with Crippen LogP contribution in [-0.4, -0.2) is 61.2 Å². The number of nitrogens with zero attached hydrogens (tertiary/aromatic N) is 2. The molecule has 3 heteroatoms. The van der Waals surface area contributed by atoms with Crippen molar-refractivity contribution in [1.82, 2.24) is 15.1 Å². The van der Waals surface area contributed by atoms with E-state index in [1.807, 2.05) is 0 Å². The molecule has 4 atom stereocenters. The zero-order valence-corrected chi connectivity index (χ0v) is 13.5. The van der Waals surface area contributed by atoms with Crippen molar-refractivity contribution in [1.29, 1.82) is 0 Å². The molecule has 0 radical (unpaired) electrons. The number of rotatable bonds is 3. The molecule has 3 aliphatic heterocycles. The van der Waals surface area contributed by atoms with Crippen molar-refractivity contribution in [3.05, 3.63) is 0 Å². The first kappa shape index (κ1) is 14.8. The van der Waals surface area contributed by atoms with Crippen molar-refractivity contribution in [2.45, 2.75) is 70.0 Å².